The average molecular weight is 388 g/mol. The fourth-order valence-corrected chi connectivity index (χ4v) is 3.30. The van der Waals surface area contributed by atoms with E-state index in [1.54, 1.807) is 24.7 Å². The van der Waals surface area contributed by atoms with Crippen LogP contribution in [0.3, 0.4) is 0 Å². The van der Waals surface area contributed by atoms with E-state index in [0.717, 1.165) is 22.4 Å². The van der Waals surface area contributed by atoms with Crippen molar-refractivity contribution >= 4 is 11.7 Å². The lowest BCUT2D eigenvalue weighted by Gasteiger charge is -2.15. The monoisotopic (exact) mass is 388 g/mol. The molecule has 1 heterocycles. The van der Waals surface area contributed by atoms with E-state index < -0.39 is 5.97 Å². The molecule has 148 valence electrons. The quantitative estimate of drug-likeness (QED) is 0.392. The second-order valence-electron chi connectivity index (χ2n) is 6.92. The Balaban J connectivity index is 2.05. The van der Waals surface area contributed by atoms with Gasteiger partial charge in [-0.3, -0.25) is 0 Å². The van der Waals surface area contributed by atoms with Crippen LogP contribution in [0.5, 0.6) is 5.75 Å². The summed E-state index contributed by atoms with van der Waals surface area (Å²) in [5.74, 6) is 0.392. The lowest BCUT2D eigenvalue weighted by atomic mass is 9.99. The van der Waals surface area contributed by atoms with Crippen molar-refractivity contribution in [1.29, 1.82) is 0 Å². The van der Waals surface area contributed by atoms with Gasteiger partial charge in [0.15, 0.2) is 0 Å². The highest BCUT2D eigenvalue weighted by Crippen LogP contribution is 2.38. The zero-order chi connectivity index (χ0) is 21.0. The molecule has 0 saturated carbocycles. The third kappa shape index (κ3) is 4.17. The van der Waals surface area contributed by atoms with Gasteiger partial charge >= 0.3 is 5.97 Å². The van der Waals surface area contributed by atoms with Gasteiger partial charge in [0, 0.05) is 24.4 Å². The molecule has 5 heteroatoms. The lowest BCUT2D eigenvalue weighted by Crippen LogP contribution is -2.10. The molecule has 0 aliphatic carbocycles. The Bertz CT molecular complexity index is 1060. The minimum absolute atomic E-state index is 0.0769. The first-order chi connectivity index (χ1) is 14.0. The van der Waals surface area contributed by atoms with Crippen molar-refractivity contribution in [1.82, 2.24) is 4.57 Å². The van der Waals surface area contributed by atoms with Crippen LogP contribution in [0, 0.1) is 6.57 Å². The molecule has 3 aromatic rings. The summed E-state index contributed by atoms with van der Waals surface area (Å²) in [4.78, 5) is 16.1. The lowest BCUT2D eigenvalue weighted by molar-refractivity contribution is 0.0516. The summed E-state index contributed by atoms with van der Waals surface area (Å²) in [5, 5.41) is 0. The number of carbonyl (C=O) groups excluding carboxylic acids is 1. The van der Waals surface area contributed by atoms with Crippen LogP contribution in [0.2, 0.25) is 0 Å². The summed E-state index contributed by atoms with van der Waals surface area (Å²) in [6.45, 7) is 13.5. The van der Waals surface area contributed by atoms with Gasteiger partial charge in [0.25, 0.3) is 0 Å². The van der Waals surface area contributed by atoms with E-state index >= 15 is 0 Å². The molecule has 29 heavy (non-hydrogen) atoms. The van der Waals surface area contributed by atoms with Gasteiger partial charge in [-0.05, 0) is 38.0 Å². The van der Waals surface area contributed by atoms with E-state index in [-0.39, 0.29) is 12.7 Å². The van der Waals surface area contributed by atoms with E-state index in [1.165, 1.54) is 0 Å². The molecule has 1 aromatic heterocycles. The molecule has 0 N–H and O–H groups in total. The Labute approximate surface area is 171 Å². The average Bonchev–Trinajstić information content (AvgIpc) is 3.04. The zero-order valence-corrected chi connectivity index (χ0v) is 17.1. The second kappa shape index (κ2) is 8.66. The number of aromatic nitrogens is 1. The van der Waals surface area contributed by atoms with Gasteiger partial charge < -0.3 is 14.0 Å². The Morgan fingerprint density at radius 2 is 1.76 bits per heavy atom. The van der Waals surface area contributed by atoms with Crippen LogP contribution in [0.25, 0.3) is 27.1 Å². The molecule has 3 rings (SSSR count). The largest absolute Gasteiger partial charge is 0.490 e. The summed E-state index contributed by atoms with van der Waals surface area (Å²) in [6.07, 6.45) is 1.74. The van der Waals surface area contributed by atoms with Crippen molar-refractivity contribution in [2.45, 2.75) is 26.9 Å². The summed E-state index contributed by atoms with van der Waals surface area (Å²) < 4.78 is 12.8. The fraction of sp³-hybridized carbons (Fsp3) is 0.250. The van der Waals surface area contributed by atoms with Gasteiger partial charge in [-0.25, -0.2) is 9.64 Å². The van der Waals surface area contributed by atoms with Crippen molar-refractivity contribution < 1.29 is 14.3 Å². The van der Waals surface area contributed by atoms with Crippen molar-refractivity contribution in [3.8, 4) is 28.0 Å². The van der Waals surface area contributed by atoms with Gasteiger partial charge in [0.1, 0.15) is 11.4 Å². The summed E-state index contributed by atoms with van der Waals surface area (Å²) in [6, 6.07) is 15.7. The Kier molecular flexibility index (Phi) is 6.04. The number of ether oxygens (including phenoxy) is 2. The highest BCUT2D eigenvalue weighted by molar-refractivity contribution is 6.00. The molecular formula is C24H24N2O3. The molecule has 0 fully saturated rings. The normalized spacial score (nSPS) is 10.6. The molecule has 0 spiro atoms. The minimum atomic E-state index is -0.431. The van der Waals surface area contributed by atoms with Crippen molar-refractivity contribution in [2.24, 2.45) is 7.05 Å². The number of para-hydroxylation sites is 1. The number of benzene rings is 2. The van der Waals surface area contributed by atoms with Crippen LogP contribution in [0.4, 0.5) is 5.69 Å². The highest BCUT2D eigenvalue weighted by atomic mass is 16.5. The van der Waals surface area contributed by atoms with E-state index in [0.29, 0.717) is 16.9 Å². The maximum absolute atomic E-state index is 12.5. The van der Waals surface area contributed by atoms with Gasteiger partial charge in [-0.2, -0.15) is 0 Å². The topological polar surface area (TPSA) is 44.8 Å². The maximum atomic E-state index is 12.5. The van der Waals surface area contributed by atoms with E-state index in [9.17, 15) is 4.79 Å². The van der Waals surface area contributed by atoms with Crippen LogP contribution in [0.1, 0.15) is 31.3 Å². The highest BCUT2D eigenvalue weighted by Gasteiger charge is 2.22. The summed E-state index contributed by atoms with van der Waals surface area (Å²) in [7, 11) is 1.75. The number of hydrogen-bond acceptors (Lipinski definition) is 3. The molecule has 2 aromatic carbocycles. The predicted octanol–water partition coefficient (Wildman–Crippen LogP) is 5.87. The van der Waals surface area contributed by atoms with Gasteiger partial charge in [-0.1, -0.05) is 42.5 Å². The van der Waals surface area contributed by atoms with E-state index in [1.807, 2.05) is 62.4 Å². The molecular weight excluding hydrogens is 364 g/mol. The standard InChI is InChI=1S/C24H24N2O3/c1-6-28-24(27)23-22(20(25-4)15-26(23)5)18-13-11-17(12-14-18)19-9-7-8-10-21(19)29-16(2)3/h7-16H,6H2,1-3,5H3. The third-order valence-electron chi connectivity index (χ3n) is 4.49. The number of rotatable bonds is 6. The molecule has 5 nitrogen and oxygen atoms in total. The van der Waals surface area contributed by atoms with Gasteiger partial charge in [0.05, 0.1) is 19.3 Å². The molecule has 0 saturated heterocycles. The zero-order valence-electron chi connectivity index (χ0n) is 17.1. The molecule has 0 atom stereocenters. The first-order valence-corrected chi connectivity index (χ1v) is 9.56. The third-order valence-corrected chi connectivity index (χ3v) is 4.49. The number of nitrogens with zero attached hydrogens (tertiary/aromatic N) is 2. The number of hydrogen-bond donors (Lipinski definition) is 0. The van der Waals surface area contributed by atoms with Gasteiger partial charge in [-0.15, -0.1) is 0 Å². The molecule has 0 bridgehead atoms. The minimum Gasteiger partial charge on any atom is -0.490 e. The fourth-order valence-electron chi connectivity index (χ4n) is 3.30. The van der Waals surface area contributed by atoms with Crippen LogP contribution >= 0.6 is 0 Å². The molecule has 0 amide bonds. The van der Waals surface area contributed by atoms with Crippen LogP contribution in [-0.2, 0) is 11.8 Å². The Morgan fingerprint density at radius 3 is 2.38 bits per heavy atom. The van der Waals surface area contributed by atoms with Crippen LogP contribution in [0.15, 0.2) is 54.7 Å². The van der Waals surface area contributed by atoms with Crippen molar-refractivity contribution in [3.05, 3.63) is 71.8 Å². The number of carbonyl (C=O) groups is 1. The number of esters is 1. The molecule has 0 aliphatic rings. The van der Waals surface area contributed by atoms with E-state index in [2.05, 4.69) is 4.85 Å². The number of aryl methyl sites for hydroxylation is 1. The van der Waals surface area contributed by atoms with Crippen LogP contribution in [-0.4, -0.2) is 23.2 Å². The van der Waals surface area contributed by atoms with E-state index in [4.69, 9.17) is 16.0 Å². The smallest absolute Gasteiger partial charge is 0.354 e. The second-order valence-corrected chi connectivity index (χ2v) is 6.92. The summed E-state index contributed by atoms with van der Waals surface area (Å²) >= 11 is 0. The Hall–Kier alpha value is -3.52. The van der Waals surface area contributed by atoms with Crippen molar-refractivity contribution in [3.63, 3.8) is 0 Å². The first-order valence-electron chi connectivity index (χ1n) is 9.56. The molecule has 0 unspecified atom stereocenters. The Morgan fingerprint density at radius 1 is 1.10 bits per heavy atom. The summed E-state index contributed by atoms with van der Waals surface area (Å²) in [5.41, 5.74) is 4.20. The SMILES string of the molecule is [C-]#[N+]c1cn(C)c(C(=O)OCC)c1-c1ccc(-c2ccccc2OC(C)C)cc1. The maximum Gasteiger partial charge on any atom is 0.354 e. The van der Waals surface area contributed by atoms with Crippen LogP contribution < -0.4 is 4.74 Å². The molecule has 0 radical (unpaired) electrons. The van der Waals surface area contributed by atoms with Crippen molar-refractivity contribution in [2.75, 3.05) is 6.61 Å². The first kappa shape index (κ1) is 20.2. The molecule has 0 aliphatic heterocycles. The predicted molar refractivity (Wildman–Crippen MR) is 114 cm³/mol. The van der Waals surface area contributed by atoms with Gasteiger partial charge in [0.2, 0.25) is 5.69 Å².